The number of piperidine rings is 1. The Bertz CT molecular complexity index is 959. The summed E-state index contributed by atoms with van der Waals surface area (Å²) in [5.41, 5.74) is 1.40. The van der Waals surface area contributed by atoms with Gasteiger partial charge in [-0.25, -0.2) is 0 Å². The molecule has 6 heteroatoms. The quantitative estimate of drug-likeness (QED) is 0.575. The summed E-state index contributed by atoms with van der Waals surface area (Å²) in [6, 6.07) is 4.53. The van der Waals surface area contributed by atoms with Crippen LogP contribution in [0.2, 0.25) is 0 Å². The number of nitrogens with zero attached hydrogens (tertiary/aromatic N) is 1. The topological polar surface area (TPSA) is 57.2 Å². The maximum atomic E-state index is 12.9. The summed E-state index contributed by atoms with van der Waals surface area (Å²) in [6.07, 6.45) is 6.82. The van der Waals surface area contributed by atoms with Gasteiger partial charge in [-0.05, 0) is 44.5 Å². The van der Waals surface area contributed by atoms with Gasteiger partial charge in [0.05, 0.1) is 25.6 Å². The average Bonchev–Trinajstić information content (AvgIpc) is 3.12. The van der Waals surface area contributed by atoms with Crippen LogP contribution in [0.4, 0.5) is 0 Å². The number of hydrogen-bond acceptors (Lipinski definition) is 6. The first-order chi connectivity index (χ1) is 14.0. The molecule has 2 fully saturated rings. The Kier molecular flexibility index (Phi) is 3.28. The molecular weight excluding hydrogens is 370 g/mol. The highest BCUT2D eigenvalue weighted by Crippen LogP contribution is 2.74. The van der Waals surface area contributed by atoms with Crippen molar-refractivity contribution in [3.63, 3.8) is 0 Å². The van der Waals surface area contributed by atoms with Crippen molar-refractivity contribution in [2.75, 3.05) is 34.9 Å². The predicted molar refractivity (Wildman–Crippen MR) is 105 cm³/mol. The first-order valence-corrected chi connectivity index (χ1v) is 10.4. The summed E-state index contributed by atoms with van der Waals surface area (Å²) in [4.78, 5) is 15.4. The molecular formula is C23H27NO5. The van der Waals surface area contributed by atoms with E-state index >= 15 is 0 Å². The molecule has 2 heterocycles. The third-order valence-corrected chi connectivity index (χ3v) is 8.76. The monoisotopic (exact) mass is 397 g/mol. The van der Waals surface area contributed by atoms with Gasteiger partial charge in [0.2, 0.25) is 0 Å². The van der Waals surface area contributed by atoms with E-state index in [1.54, 1.807) is 14.2 Å². The van der Waals surface area contributed by atoms with Gasteiger partial charge < -0.3 is 23.8 Å². The minimum atomic E-state index is -0.839. The maximum Gasteiger partial charge on any atom is 0.312 e. The number of ether oxygens (including phenoxy) is 4. The number of esters is 1. The summed E-state index contributed by atoms with van der Waals surface area (Å²) >= 11 is 0. The van der Waals surface area contributed by atoms with E-state index in [0.29, 0.717) is 6.04 Å². The predicted octanol–water partition coefficient (Wildman–Crippen LogP) is 2.09. The fourth-order valence-corrected chi connectivity index (χ4v) is 7.61. The van der Waals surface area contributed by atoms with Crippen molar-refractivity contribution in [1.29, 1.82) is 0 Å². The van der Waals surface area contributed by atoms with Crippen LogP contribution >= 0.6 is 0 Å². The number of carbonyl (C=O) groups is 1. The second-order valence-electron chi connectivity index (χ2n) is 9.26. The molecule has 2 aliphatic heterocycles. The zero-order valence-corrected chi connectivity index (χ0v) is 17.4. The average molecular weight is 397 g/mol. The molecule has 1 saturated carbocycles. The van der Waals surface area contributed by atoms with Crippen LogP contribution in [0, 0.1) is 11.3 Å². The third-order valence-electron chi connectivity index (χ3n) is 8.76. The molecule has 0 N–H and O–H groups in total. The Morgan fingerprint density at radius 3 is 2.79 bits per heavy atom. The fourth-order valence-electron chi connectivity index (χ4n) is 7.61. The molecule has 154 valence electrons. The molecule has 6 atom stereocenters. The molecule has 7 rings (SSSR count). The van der Waals surface area contributed by atoms with Crippen LogP contribution in [0.1, 0.15) is 24.0 Å². The number of methoxy groups -OCH3 is 3. The van der Waals surface area contributed by atoms with E-state index in [-0.39, 0.29) is 22.9 Å². The lowest BCUT2D eigenvalue weighted by Crippen LogP contribution is -2.79. The zero-order chi connectivity index (χ0) is 20.2. The lowest BCUT2D eigenvalue weighted by atomic mass is 9.37. The highest BCUT2D eigenvalue weighted by molar-refractivity contribution is 5.78. The third kappa shape index (κ3) is 1.65. The highest BCUT2D eigenvalue weighted by atomic mass is 16.6. The highest BCUT2D eigenvalue weighted by Gasteiger charge is 2.80. The molecule has 2 spiro atoms. The molecule has 29 heavy (non-hydrogen) atoms. The van der Waals surface area contributed by atoms with E-state index in [0.717, 1.165) is 37.3 Å². The van der Waals surface area contributed by atoms with Crippen LogP contribution in [-0.4, -0.2) is 63.5 Å². The van der Waals surface area contributed by atoms with Crippen LogP contribution in [0.25, 0.3) is 0 Å². The van der Waals surface area contributed by atoms with E-state index in [1.165, 1.54) is 18.2 Å². The fraction of sp³-hybridized carbons (Fsp3) is 0.609. The molecule has 1 saturated heterocycles. The van der Waals surface area contributed by atoms with Crippen molar-refractivity contribution < 1.29 is 23.7 Å². The summed E-state index contributed by atoms with van der Waals surface area (Å²) < 4.78 is 23.9. The Labute approximate surface area is 170 Å². The van der Waals surface area contributed by atoms with Gasteiger partial charge in [0.1, 0.15) is 11.7 Å². The van der Waals surface area contributed by atoms with E-state index < -0.39 is 11.5 Å². The Hall–Kier alpha value is -2.05. The largest absolute Gasteiger partial charge is 0.493 e. The SMILES string of the molecule is COC(=O)[C@@H]1CC23C=C[C@@]1(OC)[C@@H]1Oc4c(OC)ccc5c4C12CCN(C)C3C5. The Morgan fingerprint density at radius 1 is 1.24 bits per heavy atom. The smallest absolute Gasteiger partial charge is 0.312 e. The van der Waals surface area contributed by atoms with Crippen molar-refractivity contribution >= 4 is 5.97 Å². The summed E-state index contributed by atoms with van der Waals surface area (Å²) in [5.74, 6) is 0.998. The Morgan fingerprint density at radius 2 is 2.07 bits per heavy atom. The second-order valence-corrected chi connectivity index (χ2v) is 9.26. The van der Waals surface area contributed by atoms with Crippen LogP contribution in [0.3, 0.4) is 0 Å². The second kappa shape index (κ2) is 5.35. The molecule has 6 nitrogen and oxygen atoms in total. The van der Waals surface area contributed by atoms with Gasteiger partial charge in [-0.3, -0.25) is 4.79 Å². The normalized spacial score (nSPS) is 43.0. The summed E-state index contributed by atoms with van der Waals surface area (Å²) in [5, 5.41) is 0. The number of carbonyl (C=O) groups excluding carboxylic acids is 1. The van der Waals surface area contributed by atoms with Crippen molar-refractivity contribution in [2.24, 2.45) is 11.3 Å². The van der Waals surface area contributed by atoms with Gasteiger partial charge in [-0.15, -0.1) is 0 Å². The Balaban J connectivity index is 1.69. The number of likely N-dealkylation sites (N-methyl/N-ethyl adjacent to an activating group) is 1. The van der Waals surface area contributed by atoms with Crippen LogP contribution in [0.15, 0.2) is 24.3 Å². The number of fused-ring (bicyclic) bond motifs is 1. The molecule has 4 aliphatic carbocycles. The number of likely N-dealkylation sites (tertiary alicyclic amines) is 1. The molecule has 1 aromatic rings. The molecule has 0 amide bonds. The molecule has 4 bridgehead atoms. The molecule has 0 radical (unpaired) electrons. The zero-order valence-electron chi connectivity index (χ0n) is 17.4. The van der Waals surface area contributed by atoms with Gasteiger partial charge in [0.15, 0.2) is 11.5 Å². The van der Waals surface area contributed by atoms with Crippen LogP contribution in [0.5, 0.6) is 11.5 Å². The molecule has 0 aromatic heterocycles. The minimum absolute atomic E-state index is 0.186. The van der Waals surface area contributed by atoms with Gasteiger partial charge in [-0.1, -0.05) is 18.2 Å². The number of hydrogen-bond donors (Lipinski definition) is 0. The van der Waals surface area contributed by atoms with Crippen LogP contribution < -0.4 is 9.47 Å². The lowest BCUT2D eigenvalue weighted by Gasteiger charge is -2.70. The number of rotatable bonds is 3. The molecule has 3 unspecified atom stereocenters. The van der Waals surface area contributed by atoms with Crippen molar-refractivity contribution in [3.8, 4) is 11.5 Å². The summed E-state index contributed by atoms with van der Waals surface area (Å²) in [6.45, 7) is 0.999. The van der Waals surface area contributed by atoms with E-state index in [9.17, 15) is 4.79 Å². The van der Waals surface area contributed by atoms with Crippen molar-refractivity contribution in [3.05, 3.63) is 35.4 Å². The van der Waals surface area contributed by atoms with E-state index in [4.69, 9.17) is 18.9 Å². The van der Waals surface area contributed by atoms with Crippen molar-refractivity contribution in [2.45, 2.75) is 42.4 Å². The van der Waals surface area contributed by atoms with Crippen LogP contribution in [-0.2, 0) is 26.1 Å². The van der Waals surface area contributed by atoms with Crippen molar-refractivity contribution in [1.82, 2.24) is 4.90 Å². The van der Waals surface area contributed by atoms with Gasteiger partial charge >= 0.3 is 5.97 Å². The maximum absolute atomic E-state index is 12.9. The molecule has 6 aliphatic rings. The minimum Gasteiger partial charge on any atom is -0.493 e. The lowest BCUT2D eigenvalue weighted by molar-refractivity contribution is -0.221. The van der Waals surface area contributed by atoms with Gasteiger partial charge in [0.25, 0.3) is 0 Å². The van der Waals surface area contributed by atoms with E-state index in [2.05, 4.69) is 30.2 Å². The molecule has 1 aromatic carbocycles. The summed E-state index contributed by atoms with van der Waals surface area (Å²) in [7, 11) is 7.05. The standard InChI is InChI=1S/C23H27NO5/c1-24-10-9-22-17-13-5-6-15(26-2)18(17)29-20(22)23(28-4)8-7-21(22,16(24)11-13)12-14(23)19(25)27-3/h5-8,14,16,20H,9-12H2,1-4H3/t14-,16?,20+,21?,22?,23-/m0/s1. The van der Waals surface area contributed by atoms with Gasteiger partial charge in [-0.2, -0.15) is 0 Å². The number of benzene rings is 1. The first-order valence-electron chi connectivity index (χ1n) is 10.4. The van der Waals surface area contributed by atoms with E-state index in [1.807, 2.05) is 6.07 Å². The first kappa shape index (κ1) is 17.8. The van der Waals surface area contributed by atoms with Gasteiger partial charge in [0, 0.05) is 24.1 Å².